The van der Waals surface area contributed by atoms with E-state index in [1.165, 1.54) is 0 Å². The van der Waals surface area contributed by atoms with Gasteiger partial charge in [0.2, 0.25) is 0 Å². The molecule has 0 aromatic rings. The highest BCUT2D eigenvalue weighted by molar-refractivity contribution is 5.87. The SMILES string of the molecule is O=C1C=C2CC[C@H]3[C@@H](O)C[C@]2(O1)[C@H]1CCCN31. The van der Waals surface area contributed by atoms with Gasteiger partial charge in [0, 0.05) is 18.5 Å². The number of aliphatic hydroxyl groups is 1. The molecular formula is C13H17NO3. The molecule has 92 valence electrons. The number of carbonyl (C=O) groups is 1. The van der Waals surface area contributed by atoms with Crippen LogP contribution >= 0.6 is 0 Å². The van der Waals surface area contributed by atoms with Crippen LogP contribution in [0.25, 0.3) is 0 Å². The first-order valence-corrected chi connectivity index (χ1v) is 6.58. The van der Waals surface area contributed by atoms with Crippen LogP contribution in [0.4, 0.5) is 0 Å². The number of esters is 1. The molecule has 2 bridgehead atoms. The molecule has 1 saturated carbocycles. The topological polar surface area (TPSA) is 49.8 Å². The van der Waals surface area contributed by atoms with Crippen LogP contribution in [0.2, 0.25) is 0 Å². The van der Waals surface area contributed by atoms with Crippen molar-refractivity contribution in [3.8, 4) is 0 Å². The van der Waals surface area contributed by atoms with Gasteiger partial charge in [-0.15, -0.1) is 0 Å². The van der Waals surface area contributed by atoms with E-state index in [4.69, 9.17) is 4.74 Å². The zero-order chi connectivity index (χ0) is 11.6. The van der Waals surface area contributed by atoms with Crippen LogP contribution in [0.3, 0.4) is 0 Å². The second-order valence-corrected chi connectivity index (χ2v) is 5.75. The van der Waals surface area contributed by atoms with Crippen LogP contribution in [0.1, 0.15) is 32.1 Å². The number of hydrogen-bond acceptors (Lipinski definition) is 4. The zero-order valence-electron chi connectivity index (χ0n) is 9.76. The Morgan fingerprint density at radius 1 is 1.47 bits per heavy atom. The lowest BCUT2D eigenvalue weighted by Gasteiger charge is -2.48. The number of ether oxygens (including phenoxy) is 1. The van der Waals surface area contributed by atoms with Gasteiger partial charge in [-0.25, -0.2) is 4.79 Å². The highest BCUT2D eigenvalue weighted by atomic mass is 16.6. The van der Waals surface area contributed by atoms with Crippen LogP contribution in [0.5, 0.6) is 0 Å². The summed E-state index contributed by atoms with van der Waals surface area (Å²) in [6.07, 6.45) is 6.05. The maximum atomic E-state index is 11.6. The summed E-state index contributed by atoms with van der Waals surface area (Å²) in [5.74, 6) is -0.209. The van der Waals surface area contributed by atoms with Crippen molar-refractivity contribution in [2.24, 2.45) is 0 Å². The Labute approximate surface area is 100 Å². The Balaban J connectivity index is 1.86. The van der Waals surface area contributed by atoms with Gasteiger partial charge in [-0.3, -0.25) is 4.90 Å². The first-order chi connectivity index (χ1) is 8.21. The molecule has 0 amide bonds. The molecule has 4 heterocycles. The van der Waals surface area contributed by atoms with Gasteiger partial charge in [0.15, 0.2) is 5.60 Å². The van der Waals surface area contributed by atoms with E-state index in [-0.39, 0.29) is 18.1 Å². The van der Waals surface area contributed by atoms with Gasteiger partial charge >= 0.3 is 5.97 Å². The predicted octanol–water partition coefficient (Wildman–Crippen LogP) is 0.600. The van der Waals surface area contributed by atoms with Gasteiger partial charge < -0.3 is 9.84 Å². The van der Waals surface area contributed by atoms with Crippen LogP contribution in [0.15, 0.2) is 11.6 Å². The highest BCUT2D eigenvalue weighted by Gasteiger charge is 2.60. The molecule has 4 fully saturated rings. The summed E-state index contributed by atoms with van der Waals surface area (Å²) in [5, 5.41) is 10.3. The number of nitrogens with zero attached hydrogens (tertiary/aromatic N) is 1. The van der Waals surface area contributed by atoms with E-state index in [1.807, 2.05) is 0 Å². The number of aliphatic hydroxyl groups excluding tert-OH is 1. The summed E-state index contributed by atoms with van der Waals surface area (Å²) in [6.45, 7) is 1.04. The molecule has 17 heavy (non-hydrogen) atoms. The molecule has 4 atom stereocenters. The third-order valence-electron chi connectivity index (χ3n) is 5.04. The molecule has 1 N–H and O–H groups in total. The van der Waals surface area contributed by atoms with E-state index in [2.05, 4.69) is 4.90 Å². The summed E-state index contributed by atoms with van der Waals surface area (Å²) >= 11 is 0. The molecule has 0 aromatic carbocycles. The van der Waals surface area contributed by atoms with E-state index in [0.717, 1.165) is 37.8 Å². The van der Waals surface area contributed by atoms with Gasteiger partial charge in [0.25, 0.3) is 0 Å². The van der Waals surface area contributed by atoms with Crippen molar-refractivity contribution in [3.05, 3.63) is 11.6 Å². The standard InChI is InChI=1S/C13H17NO3/c15-10-7-13-8(6-12(16)17-13)3-4-9(10)14-5-1-2-11(13)14/h6,9-11,15H,1-5,7H2/t9-,10-,11+,13+/m0/s1. The van der Waals surface area contributed by atoms with Crippen LogP contribution in [-0.2, 0) is 9.53 Å². The molecule has 5 rings (SSSR count). The second kappa shape index (κ2) is 3.12. The Morgan fingerprint density at radius 2 is 2.35 bits per heavy atom. The maximum absolute atomic E-state index is 11.6. The van der Waals surface area contributed by atoms with Gasteiger partial charge in [0.1, 0.15) is 0 Å². The van der Waals surface area contributed by atoms with Gasteiger partial charge in [0.05, 0.1) is 12.1 Å². The third-order valence-corrected chi connectivity index (χ3v) is 5.04. The summed E-state index contributed by atoms with van der Waals surface area (Å²) in [7, 11) is 0. The highest BCUT2D eigenvalue weighted by Crippen LogP contribution is 2.51. The van der Waals surface area contributed by atoms with Crippen molar-refractivity contribution in [3.63, 3.8) is 0 Å². The summed E-state index contributed by atoms with van der Waals surface area (Å²) in [4.78, 5) is 14.0. The molecule has 0 unspecified atom stereocenters. The molecular weight excluding hydrogens is 218 g/mol. The summed E-state index contributed by atoms with van der Waals surface area (Å²) in [6, 6.07) is 0.592. The second-order valence-electron chi connectivity index (χ2n) is 5.75. The minimum atomic E-state index is -0.486. The summed E-state index contributed by atoms with van der Waals surface area (Å²) < 4.78 is 5.67. The van der Waals surface area contributed by atoms with Gasteiger partial charge in [-0.2, -0.15) is 0 Å². The molecule has 1 aliphatic carbocycles. The van der Waals surface area contributed by atoms with Crippen molar-refractivity contribution < 1.29 is 14.6 Å². The van der Waals surface area contributed by atoms with E-state index >= 15 is 0 Å². The van der Waals surface area contributed by atoms with Gasteiger partial charge in [-0.05, 0) is 37.8 Å². The van der Waals surface area contributed by atoms with Crippen molar-refractivity contribution in [1.82, 2.24) is 4.90 Å². The minimum Gasteiger partial charge on any atom is -0.450 e. The fraction of sp³-hybridized carbons (Fsp3) is 0.769. The number of carbonyl (C=O) groups excluding carboxylic acids is 1. The maximum Gasteiger partial charge on any atom is 0.331 e. The minimum absolute atomic E-state index is 0.209. The molecule has 3 saturated heterocycles. The average Bonchev–Trinajstić information content (AvgIpc) is 2.81. The van der Waals surface area contributed by atoms with E-state index in [0.29, 0.717) is 12.5 Å². The molecule has 4 heteroatoms. The molecule has 4 aliphatic heterocycles. The lowest BCUT2D eigenvalue weighted by atomic mass is 9.78. The Kier molecular flexibility index (Phi) is 1.85. The summed E-state index contributed by atoms with van der Waals surface area (Å²) in [5.41, 5.74) is 0.651. The van der Waals surface area contributed by atoms with Crippen molar-refractivity contribution >= 4 is 5.97 Å². The Bertz CT molecular complexity index is 419. The number of hydrogen-bond donors (Lipinski definition) is 1. The number of fused-ring (bicyclic) bond motifs is 2. The quantitative estimate of drug-likeness (QED) is 0.625. The smallest absolute Gasteiger partial charge is 0.331 e. The average molecular weight is 235 g/mol. The molecule has 0 radical (unpaired) electrons. The van der Waals surface area contributed by atoms with Crippen molar-refractivity contribution in [2.45, 2.75) is 55.9 Å². The fourth-order valence-electron chi connectivity index (χ4n) is 4.43. The lowest BCUT2D eigenvalue weighted by Crippen LogP contribution is -2.61. The number of piperidine rings is 1. The molecule has 1 spiro atoms. The Hall–Kier alpha value is -0.870. The van der Waals surface area contributed by atoms with E-state index in [9.17, 15) is 9.90 Å². The largest absolute Gasteiger partial charge is 0.450 e. The van der Waals surface area contributed by atoms with Crippen molar-refractivity contribution in [2.75, 3.05) is 6.54 Å². The van der Waals surface area contributed by atoms with Gasteiger partial charge in [-0.1, -0.05) is 0 Å². The fourth-order valence-corrected chi connectivity index (χ4v) is 4.43. The first kappa shape index (κ1) is 10.1. The Morgan fingerprint density at radius 3 is 3.24 bits per heavy atom. The predicted molar refractivity (Wildman–Crippen MR) is 60.3 cm³/mol. The third kappa shape index (κ3) is 1.13. The van der Waals surface area contributed by atoms with Crippen LogP contribution in [0, 0.1) is 0 Å². The van der Waals surface area contributed by atoms with Crippen LogP contribution < -0.4 is 0 Å². The molecule has 5 aliphatic rings. The first-order valence-electron chi connectivity index (χ1n) is 6.58. The van der Waals surface area contributed by atoms with E-state index in [1.54, 1.807) is 6.08 Å². The molecule has 0 aromatic heterocycles. The van der Waals surface area contributed by atoms with E-state index < -0.39 is 5.60 Å². The monoisotopic (exact) mass is 235 g/mol. The lowest BCUT2D eigenvalue weighted by molar-refractivity contribution is -0.164. The normalized spacial score (nSPS) is 48.4. The van der Waals surface area contributed by atoms with Crippen LogP contribution in [-0.4, -0.2) is 46.3 Å². The molecule has 4 nitrogen and oxygen atoms in total. The zero-order valence-corrected chi connectivity index (χ0v) is 9.76. The van der Waals surface area contributed by atoms with Crippen molar-refractivity contribution in [1.29, 1.82) is 0 Å². The number of rotatable bonds is 0.